The van der Waals surface area contributed by atoms with Gasteiger partial charge in [0.25, 0.3) is 0 Å². The van der Waals surface area contributed by atoms with Gasteiger partial charge in [-0.15, -0.1) is 0 Å². The van der Waals surface area contributed by atoms with Crippen molar-refractivity contribution in [1.29, 1.82) is 0 Å². The quantitative estimate of drug-likeness (QED) is 0.723. The van der Waals surface area contributed by atoms with Gasteiger partial charge >= 0.3 is 0 Å². The molecule has 1 aromatic heterocycles. The minimum Gasteiger partial charge on any atom is -0.366 e. The predicted molar refractivity (Wildman–Crippen MR) is 58.5 cm³/mol. The fourth-order valence-electron chi connectivity index (χ4n) is 0.956. The van der Waals surface area contributed by atoms with Gasteiger partial charge in [-0.25, -0.2) is 4.98 Å². The summed E-state index contributed by atoms with van der Waals surface area (Å²) in [4.78, 5) is 10.3. The minimum atomic E-state index is 0.222. The Balaban J connectivity index is 2.73. The lowest BCUT2D eigenvalue weighted by atomic mass is 10.3. The van der Waals surface area contributed by atoms with Gasteiger partial charge in [-0.3, -0.25) is 0 Å². The van der Waals surface area contributed by atoms with Gasteiger partial charge in [-0.2, -0.15) is 4.98 Å². The summed E-state index contributed by atoms with van der Waals surface area (Å²) in [6.07, 6.45) is 1.73. The Morgan fingerprint density at radius 1 is 1.57 bits per heavy atom. The van der Waals surface area contributed by atoms with Crippen LogP contribution in [-0.4, -0.2) is 36.6 Å². The lowest BCUT2D eigenvalue weighted by molar-refractivity contribution is 0.796. The molecule has 0 fully saturated rings. The first kappa shape index (κ1) is 10.7. The van der Waals surface area contributed by atoms with Gasteiger partial charge in [0, 0.05) is 32.9 Å². The summed E-state index contributed by atoms with van der Waals surface area (Å²) in [7, 11) is 3.82. The molecule has 0 amide bonds. The SMILES string of the molecule is CC(CN)Nc1ccnc(N(C)C)n1. The summed E-state index contributed by atoms with van der Waals surface area (Å²) in [6, 6.07) is 2.05. The normalized spacial score (nSPS) is 12.3. The van der Waals surface area contributed by atoms with Crippen molar-refractivity contribution in [3.63, 3.8) is 0 Å². The number of hydrogen-bond donors (Lipinski definition) is 2. The Morgan fingerprint density at radius 3 is 2.86 bits per heavy atom. The van der Waals surface area contributed by atoms with Crippen LogP contribution in [0.25, 0.3) is 0 Å². The van der Waals surface area contributed by atoms with Crippen molar-refractivity contribution in [2.24, 2.45) is 5.73 Å². The molecule has 0 spiro atoms. The topological polar surface area (TPSA) is 67.1 Å². The predicted octanol–water partition coefficient (Wildman–Crippen LogP) is 0.302. The molecule has 5 nitrogen and oxygen atoms in total. The summed E-state index contributed by atoms with van der Waals surface area (Å²) < 4.78 is 0. The molecule has 5 heteroatoms. The van der Waals surface area contributed by atoms with E-state index in [1.165, 1.54) is 0 Å². The van der Waals surface area contributed by atoms with E-state index in [4.69, 9.17) is 5.73 Å². The van der Waals surface area contributed by atoms with E-state index in [2.05, 4.69) is 15.3 Å². The van der Waals surface area contributed by atoms with Crippen molar-refractivity contribution in [3.05, 3.63) is 12.3 Å². The number of nitrogens with one attached hydrogen (secondary N) is 1. The monoisotopic (exact) mass is 195 g/mol. The zero-order chi connectivity index (χ0) is 10.6. The molecule has 0 aliphatic carbocycles. The van der Waals surface area contributed by atoms with Gasteiger partial charge in [0.1, 0.15) is 5.82 Å². The first-order valence-electron chi connectivity index (χ1n) is 4.60. The largest absolute Gasteiger partial charge is 0.366 e. The summed E-state index contributed by atoms with van der Waals surface area (Å²) in [5.74, 6) is 1.50. The van der Waals surface area contributed by atoms with Crippen LogP contribution < -0.4 is 16.0 Å². The molecule has 14 heavy (non-hydrogen) atoms. The van der Waals surface area contributed by atoms with Crippen LogP contribution in [-0.2, 0) is 0 Å². The van der Waals surface area contributed by atoms with Crippen molar-refractivity contribution in [2.75, 3.05) is 30.9 Å². The van der Waals surface area contributed by atoms with E-state index in [-0.39, 0.29) is 6.04 Å². The zero-order valence-electron chi connectivity index (χ0n) is 8.86. The van der Waals surface area contributed by atoms with E-state index in [0.29, 0.717) is 12.5 Å². The minimum absolute atomic E-state index is 0.222. The second kappa shape index (κ2) is 4.76. The summed E-state index contributed by atoms with van der Waals surface area (Å²) in [5.41, 5.74) is 5.50. The van der Waals surface area contributed by atoms with Gasteiger partial charge in [-0.05, 0) is 13.0 Å². The molecule has 0 radical (unpaired) electrons. The highest BCUT2D eigenvalue weighted by Crippen LogP contribution is 2.08. The average molecular weight is 195 g/mol. The Kier molecular flexibility index (Phi) is 3.64. The first-order chi connectivity index (χ1) is 6.63. The summed E-state index contributed by atoms with van der Waals surface area (Å²) in [5, 5.41) is 3.18. The number of anilines is 2. The number of rotatable bonds is 4. The smallest absolute Gasteiger partial charge is 0.226 e. The van der Waals surface area contributed by atoms with Crippen LogP contribution in [0.4, 0.5) is 11.8 Å². The Labute approximate surface area is 84.3 Å². The Bertz CT molecular complexity index is 286. The second-order valence-electron chi connectivity index (χ2n) is 3.42. The molecule has 1 atom stereocenters. The lowest BCUT2D eigenvalue weighted by Crippen LogP contribution is -2.26. The van der Waals surface area contributed by atoms with Crippen molar-refractivity contribution < 1.29 is 0 Å². The van der Waals surface area contributed by atoms with Crippen LogP contribution in [0.15, 0.2) is 12.3 Å². The van der Waals surface area contributed by atoms with Crippen LogP contribution in [0, 0.1) is 0 Å². The fraction of sp³-hybridized carbons (Fsp3) is 0.556. The average Bonchev–Trinajstić information content (AvgIpc) is 2.18. The third kappa shape index (κ3) is 2.85. The molecule has 0 aromatic carbocycles. The van der Waals surface area contributed by atoms with Crippen LogP contribution in [0.1, 0.15) is 6.92 Å². The van der Waals surface area contributed by atoms with E-state index in [0.717, 1.165) is 5.82 Å². The van der Waals surface area contributed by atoms with Gasteiger partial charge in [0.15, 0.2) is 0 Å². The highest BCUT2D eigenvalue weighted by molar-refractivity contribution is 5.40. The van der Waals surface area contributed by atoms with E-state index in [1.54, 1.807) is 6.20 Å². The molecule has 1 heterocycles. The molecule has 0 saturated heterocycles. The van der Waals surface area contributed by atoms with Crippen molar-refractivity contribution in [2.45, 2.75) is 13.0 Å². The third-order valence-corrected chi connectivity index (χ3v) is 1.79. The molecule has 1 unspecified atom stereocenters. The van der Waals surface area contributed by atoms with E-state index in [9.17, 15) is 0 Å². The van der Waals surface area contributed by atoms with E-state index in [1.807, 2.05) is 32.0 Å². The van der Waals surface area contributed by atoms with Gasteiger partial charge in [0.2, 0.25) is 5.95 Å². The molecule has 0 bridgehead atoms. The van der Waals surface area contributed by atoms with E-state index >= 15 is 0 Å². The molecule has 3 N–H and O–H groups in total. The molecule has 78 valence electrons. The highest BCUT2D eigenvalue weighted by atomic mass is 15.2. The molecule has 1 rings (SSSR count). The standard InChI is InChI=1S/C9H17N5/c1-7(6-10)12-8-4-5-11-9(13-8)14(2)3/h4-5,7H,6,10H2,1-3H3,(H,11,12,13). The molecular formula is C9H17N5. The molecule has 0 aliphatic rings. The highest BCUT2D eigenvalue weighted by Gasteiger charge is 2.03. The molecule has 0 saturated carbocycles. The third-order valence-electron chi connectivity index (χ3n) is 1.79. The number of aromatic nitrogens is 2. The summed E-state index contributed by atoms with van der Waals surface area (Å²) >= 11 is 0. The van der Waals surface area contributed by atoms with Gasteiger partial charge < -0.3 is 16.0 Å². The van der Waals surface area contributed by atoms with E-state index < -0.39 is 0 Å². The molecular weight excluding hydrogens is 178 g/mol. The second-order valence-corrected chi connectivity index (χ2v) is 3.42. The van der Waals surface area contributed by atoms with Crippen LogP contribution >= 0.6 is 0 Å². The lowest BCUT2D eigenvalue weighted by Gasteiger charge is -2.14. The number of hydrogen-bond acceptors (Lipinski definition) is 5. The van der Waals surface area contributed by atoms with Crippen molar-refractivity contribution in [1.82, 2.24) is 9.97 Å². The van der Waals surface area contributed by atoms with Crippen LogP contribution in [0.2, 0.25) is 0 Å². The fourth-order valence-corrected chi connectivity index (χ4v) is 0.956. The molecule has 1 aromatic rings. The van der Waals surface area contributed by atoms with Crippen molar-refractivity contribution >= 4 is 11.8 Å². The van der Waals surface area contributed by atoms with Crippen LogP contribution in [0.5, 0.6) is 0 Å². The van der Waals surface area contributed by atoms with Gasteiger partial charge in [-0.1, -0.05) is 0 Å². The maximum Gasteiger partial charge on any atom is 0.226 e. The maximum atomic E-state index is 5.50. The Hall–Kier alpha value is -1.36. The zero-order valence-corrected chi connectivity index (χ0v) is 8.86. The summed E-state index contributed by atoms with van der Waals surface area (Å²) in [6.45, 7) is 2.60. The van der Waals surface area contributed by atoms with Crippen LogP contribution in [0.3, 0.4) is 0 Å². The Morgan fingerprint density at radius 2 is 2.29 bits per heavy atom. The number of nitrogens with zero attached hydrogens (tertiary/aromatic N) is 3. The van der Waals surface area contributed by atoms with Crippen molar-refractivity contribution in [3.8, 4) is 0 Å². The van der Waals surface area contributed by atoms with Gasteiger partial charge in [0.05, 0.1) is 0 Å². The maximum absolute atomic E-state index is 5.50. The number of nitrogens with two attached hydrogens (primary N) is 1. The molecule has 0 aliphatic heterocycles. The first-order valence-corrected chi connectivity index (χ1v) is 4.60.